The number of aromatic nitrogens is 3. The third kappa shape index (κ3) is 2.57. The molecule has 1 aliphatic heterocycles. The van der Waals surface area contributed by atoms with Crippen LogP contribution in [0.15, 0.2) is 40.0 Å². The normalized spacial score (nSPS) is 17.9. The van der Waals surface area contributed by atoms with E-state index in [1.165, 1.54) is 0 Å². The summed E-state index contributed by atoms with van der Waals surface area (Å²) in [6.07, 6.45) is 2.89. The van der Waals surface area contributed by atoms with Crippen LogP contribution in [0.25, 0.3) is 11.2 Å². The lowest BCUT2D eigenvalue weighted by molar-refractivity contribution is -0.129. The molecule has 23 heavy (non-hydrogen) atoms. The first-order chi connectivity index (χ1) is 11.2. The Morgan fingerprint density at radius 1 is 1.43 bits per heavy atom. The van der Waals surface area contributed by atoms with Crippen LogP contribution < -0.4 is 5.69 Å². The minimum atomic E-state index is -0.157. The predicted octanol–water partition coefficient (Wildman–Crippen LogP) is 1.80. The summed E-state index contributed by atoms with van der Waals surface area (Å²) in [6, 6.07) is 5.60. The molecule has 4 rings (SSSR count). The lowest BCUT2D eigenvalue weighted by Gasteiger charge is -2.16. The lowest BCUT2D eigenvalue weighted by atomic mass is 10.2. The number of nitrogens with zero attached hydrogens (tertiary/aromatic N) is 3. The summed E-state index contributed by atoms with van der Waals surface area (Å²) in [6.45, 7) is 1.24. The van der Waals surface area contributed by atoms with Gasteiger partial charge in [0.05, 0.1) is 18.0 Å². The molecule has 7 heteroatoms. The van der Waals surface area contributed by atoms with Crippen molar-refractivity contribution < 1.29 is 4.79 Å². The van der Waals surface area contributed by atoms with Crippen molar-refractivity contribution in [2.24, 2.45) is 0 Å². The van der Waals surface area contributed by atoms with Gasteiger partial charge in [-0.25, -0.2) is 9.78 Å². The Bertz CT molecular complexity index is 896. The number of amides is 1. The van der Waals surface area contributed by atoms with E-state index in [0.29, 0.717) is 25.2 Å². The maximum absolute atomic E-state index is 12.4. The summed E-state index contributed by atoms with van der Waals surface area (Å²) in [5.41, 5.74) is 2.29. The Balaban J connectivity index is 1.54. The van der Waals surface area contributed by atoms with Crippen molar-refractivity contribution in [1.29, 1.82) is 0 Å². The van der Waals surface area contributed by atoms with Crippen LogP contribution in [0.5, 0.6) is 0 Å². The molecule has 1 saturated heterocycles. The number of aromatic amines is 1. The Kier molecular flexibility index (Phi) is 3.49. The summed E-state index contributed by atoms with van der Waals surface area (Å²) in [5, 5.41) is 3.98. The van der Waals surface area contributed by atoms with Gasteiger partial charge in [0.25, 0.3) is 0 Å². The van der Waals surface area contributed by atoms with Crippen LogP contribution in [0.3, 0.4) is 0 Å². The third-order valence-corrected chi connectivity index (χ3v) is 5.02. The molecule has 0 unspecified atom stereocenters. The van der Waals surface area contributed by atoms with Crippen LogP contribution in [0, 0.1) is 0 Å². The van der Waals surface area contributed by atoms with E-state index >= 15 is 0 Å². The number of likely N-dealkylation sites (tertiary alicyclic amines) is 1. The molecule has 0 spiro atoms. The average molecular weight is 328 g/mol. The van der Waals surface area contributed by atoms with Gasteiger partial charge in [0, 0.05) is 19.3 Å². The third-order valence-electron chi connectivity index (χ3n) is 4.29. The molecule has 1 N–H and O–H groups in total. The van der Waals surface area contributed by atoms with Gasteiger partial charge in [-0.05, 0) is 40.9 Å². The number of hydrogen-bond acceptors (Lipinski definition) is 4. The van der Waals surface area contributed by atoms with Gasteiger partial charge < -0.3 is 9.88 Å². The zero-order valence-corrected chi connectivity index (χ0v) is 13.3. The zero-order valence-electron chi connectivity index (χ0n) is 12.4. The fourth-order valence-corrected chi connectivity index (χ4v) is 3.82. The fourth-order valence-electron chi connectivity index (χ4n) is 3.16. The number of H-pyrrole nitrogens is 1. The topological polar surface area (TPSA) is 71.0 Å². The van der Waals surface area contributed by atoms with Gasteiger partial charge in [0.2, 0.25) is 5.91 Å². The van der Waals surface area contributed by atoms with Crippen LogP contribution in [-0.4, -0.2) is 38.4 Å². The van der Waals surface area contributed by atoms with Crippen molar-refractivity contribution in [3.8, 4) is 0 Å². The summed E-state index contributed by atoms with van der Waals surface area (Å²) in [4.78, 5) is 33.6. The van der Waals surface area contributed by atoms with Crippen molar-refractivity contribution >= 4 is 28.4 Å². The number of rotatable bonds is 3. The summed E-state index contributed by atoms with van der Waals surface area (Å²) < 4.78 is 1.69. The molecule has 6 nitrogen and oxygen atoms in total. The molecule has 3 aromatic heterocycles. The first-order valence-corrected chi connectivity index (χ1v) is 8.51. The highest BCUT2D eigenvalue weighted by Crippen LogP contribution is 2.24. The quantitative estimate of drug-likeness (QED) is 0.797. The van der Waals surface area contributed by atoms with Gasteiger partial charge in [0.15, 0.2) is 5.65 Å². The second-order valence-corrected chi connectivity index (χ2v) is 6.55. The second-order valence-electron chi connectivity index (χ2n) is 5.77. The Labute approximate surface area is 136 Å². The molecule has 0 radical (unpaired) electrons. The van der Waals surface area contributed by atoms with Gasteiger partial charge in [-0.15, -0.1) is 0 Å². The molecule has 0 saturated carbocycles. The maximum Gasteiger partial charge on any atom is 0.327 e. The van der Waals surface area contributed by atoms with Gasteiger partial charge in [-0.3, -0.25) is 9.36 Å². The van der Waals surface area contributed by atoms with Crippen LogP contribution >= 0.6 is 11.3 Å². The van der Waals surface area contributed by atoms with E-state index in [4.69, 9.17) is 0 Å². The molecule has 3 aromatic rings. The number of fused-ring (bicyclic) bond motifs is 1. The molecular formula is C16H16N4O2S. The molecule has 1 amide bonds. The number of carbonyl (C=O) groups excluding carboxylic acids is 1. The van der Waals surface area contributed by atoms with Crippen molar-refractivity contribution in [3.05, 3.63) is 51.2 Å². The van der Waals surface area contributed by atoms with E-state index in [-0.39, 0.29) is 17.6 Å². The highest BCUT2D eigenvalue weighted by atomic mass is 32.1. The number of thiophene rings is 1. The molecule has 4 heterocycles. The van der Waals surface area contributed by atoms with Crippen molar-refractivity contribution in [2.45, 2.75) is 18.9 Å². The van der Waals surface area contributed by atoms with E-state index in [0.717, 1.165) is 17.5 Å². The molecule has 0 aliphatic carbocycles. The van der Waals surface area contributed by atoms with E-state index < -0.39 is 0 Å². The average Bonchev–Trinajstić information content (AvgIpc) is 3.25. The second kappa shape index (κ2) is 5.66. The van der Waals surface area contributed by atoms with Crippen LogP contribution in [0.4, 0.5) is 0 Å². The van der Waals surface area contributed by atoms with Gasteiger partial charge in [-0.2, -0.15) is 11.3 Å². The SMILES string of the molecule is O=C(Cc1ccsc1)N1CC[C@@H](n2c(=O)[nH]c3cccnc32)C1. The van der Waals surface area contributed by atoms with E-state index in [1.807, 2.05) is 27.8 Å². The number of nitrogens with one attached hydrogen (secondary N) is 1. The molecule has 1 aliphatic rings. The molecule has 1 atom stereocenters. The first kappa shape index (κ1) is 14.2. The minimum absolute atomic E-state index is 0.0161. The van der Waals surface area contributed by atoms with Crippen molar-refractivity contribution in [3.63, 3.8) is 0 Å². The number of imidazole rings is 1. The Morgan fingerprint density at radius 2 is 2.35 bits per heavy atom. The summed E-state index contributed by atoms with van der Waals surface area (Å²) >= 11 is 1.60. The van der Waals surface area contributed by atoms with Gasteiger partial charge in [-0.1, -0.05) is 0 Å². The number of carbonyl (C=O) groups is 1. The monoisotopic (exact) mass is 328 g/mol. The maximum atomic E-state index is 12.4. The summed E-state index contributed by atoms with van der Waals surface area (Å²) in [7, 11) is 0. The minimum Gasteiger partial charge on any atom is -0.340 e. The van der Waals surface area contributed by atoms with E-state index in [1.54, 1.807) is 28.2 Å². The number of pyridine rings is 1. The highest BCUT2D eigenvalue weighted by Gasteiger charge is 2.29. The molecule has 1 fully saturated rings. The van der Waals surface area contributed by atoms with Gasteiger partial charge >= 0.3 is 5.69 Å². The largest absolute Gasteiger partial charge is 0.340 e. The van der Waals surface area contributed by atoms with Gasteiger partial charge in [0.1, 0.15) is 0 Å². The van der Waals surface area contributed by atoms with Crippen LogP contribution in [-0.2, 0) is 11.2 Å². The highest BCUT2D eigenvalue weighted by molar-refractivity contribution is 7.08. The standard InChI is InChI=1S/C16H16N4O2S/c21-14(8-11-4-7-23-10-11)19-6-3-12(9-19)20-15-13(18-16(20)22)2-1-5-17-15/h1-2,4-5,7,10,12H,3,6,8-9H2,(H,18,22)/t12-/m1/s1. The Hall–Kier alpha value is -2.41. The van der Waals surface area contributed by atoms with Crippen molar-refractivity contribution in [1.82, 2.24) is 19.4 Å². The summed E-state index contributed by atoms with van der Waals surface area (Å²) in [5.74, 6) is 0.117. The molecular weight excluding hydrogens is 312 g/mol. The molecule has 0 bridgehead atoms. The van der Waals surface area contributed by atoms with E-state index in [9.17, 15) is 9.59 Å². The smallest absolute Gasteiger partial charge is 0.327 e. The fraction of sp³-hybridized carbons (Fsp3) is 0.312. The zero-order chi connectivity index (χ0) is 15.8. The van der Waals surface area contributed by atoms with E-state index in [2.05, 4.69) is 9.97 Å². The van der Waals surface area contributed by atoms with Crippen molar-refractivity contribution in [2.75, 3.05) is 13.1 Å². The molecule has 118 valence electrons. The van der Waals surface area contributed by atoms with Crippen LogP contribution in [0.2, 0.25) is 0 Å². The number of hydrogen-bond donors (Lipinski definition) is 1. The molecule has 0 aromatic carbocycles. The predicted molar refractivity (Wildman–Crippen MR) is 88.6 cm³/mol. The lowest BCUT2D eigenvalue weighted by Crippen LogP contribution is -2.31. The Morgan fingerprint density at radius 3 is 3.17 bits per heavy atom. The van der Waals surface area contributed by atoms with Crippen LogP contribution in [0.1, 0.15) is 18.0 Å². The first-order valence-electron chi connectivity index (χ1n) is 7.56.